The fourth-order valence-electron chi connectivity index (χ4n) is 2.83. The van der Waals surface area contributed by atoms with Gasteiger partial charge in [0.15, 0.2) is 5.76 Å². The number of sulfone groups is 1. The Bertz CT molecular complexity index is 1200. The average Bonchev–Trinajstić information content (AvgIpc) is 3.39. The summed E-state index contributed by atoms with van der Waals surface area (Å²) in [5.74, 6) is -0.229. The van der Waals surface area contributed by atoms with Gasteiger partial charge in [-0.3, -0.25) is 0 Å². The summed E-state index contributed by atoms with van der Waals surface area (Å²) in [6.45, 7) is 1.87. The first-order valence-corrected chi connectivity index (χ1v) is 10.3. The van der Waals surface area contributed by atoms with E-state index in [4.69, 9.17) is 8.83 Å². The first-order chi connectivity index (χ1) is 13.9. The number of hydrogen-bond donors (Lipinski definition) is 1. The molecule has 2 heterocycles. The molecule has 6 nitrogen and oxygen atoms in total. The highest BCUT2D eigenvalue weighted by Crippen LogP contribution is 2.34. The van der Waals surface area contributed by atoms with Gasteiger partial charge in [0.05, 0.1) is 17.2 Å². The molecule has 0 aliphatic carbocycles. The van der Waals surface area contributed by atoms with Crippen LogP contribution in [0.4, 0.5) is 10.3 Å². The number of hydrogen-bond acceptors (Lipinski definition) is 6. The van der Waals surface area contributed by atoms with E-state index in [9.17, 15) is 12.8 Å². The molecule has 2 aromatic carbocycles. The minimum Gasteiger partial charge on any atom is -0.459 e. The molecule has 1 N–H and O–H groups in total. The van der Waals surface area contributed by atoms with Gasteiger partial charge in [0.2, 0.25) is 20.7 Å². The molecular weight excluding hydrogens is 395 g/mol. The van der Waals surface area contributed by atoms with Gasteiger partial charge in [0.25, 0.3) is 5.89 Å². The molecule has 1 atom stereocenters. The molecule has 0 radical (unpaired) electrons. The number of furan rings is 1. The second kappa shape index (κ2) is 7.56. The number of anilines is 1. The molecule has 0 aliphatic rings. The van der Waals surface area contributed by atoms with Crippen molar-refractivity contribution in [3.63, 3.8) is 0 Å². The normalized spacial score (nSPS) is 12.6. The molecule has 29 heavy (non-hydrogen) atoms. The Hall–Kier alpha value is -3.39. The third-order valence-corrected chi connectivity index (χ3v) is 6.03. The molecular formula is C21H17FN2O4S. The minimum absolute atomic E-state index is 0.0166. The Balaban J connectivity index is 1.78. The summed E-state index contributed by atoms with van der Waals surface area (Å²) in [6, 6.07) is 17.0. The van der Waals surface area contributed by atoms with Crippen molar-refractivity contribution in [2.45, 2.75) is 22.9 Å². The standard InChI is InChI=1S/C21H17FN2O4S/c1-14(15-6-3-2-4-7-15)23-20-21(24-19(28-20)18-8-5-13-27-18)29(25,26)17-11-9-16(22)10-12-17/h2-14,23H,1H3/t14-/m1/s1. The lowest BCUT2D eigenvalue weighted by atomic mass is 10.1. The lowest BCUT2D eigenvalue weighted by molar-refractivity contribution is 0.520. The fourth-order valence-corrected chi connectivity index (χ4v) is 4.10. The van der Waals surface area contributed by atoms with Crippen LogP contribution in [0.15, 0.2) is 91.7 Å². The molecule has 8 heteroatoms. The Morgan fingerprint density at radius 1 is 1.00 bits per heavy atom. The Labute approximate surface area is 166 Å². The van der Waals surface area contributed by atoms with Gasteiger partial charge in [0, 0.05) is 0 Å². The van der Waals surface area contributed by atoms with Gasteiger partial charge >= 0.3 is 0 Å². The van der Waals surface area contributed by atoms with Crippen LogP contribution < -0.4 is 5.32 Å². The SMILES string of the molecule is C[C@@H](Nc1oc(-c2ccco2)nc1S(=O)(=O)c1ccc(F)cc1)c1ccccc1. The Morgan fingerprint density at radius 2 is 1.72 bits per heavy atom. The van der Waals surface area contributed by atoms with Crippen LogP contribution in [0.2, 0.25) is 0 Å². The number of halogens is 1. The zero-order valence-electron chi connectivity index (χ0n) is 15.4. The van der Waals surface area contributed by atoms with E-state index in [1.807, 2.05) is 37.3 Å². The zero-order chi connectivity index (χ0) is 20.4. The van der Waals surface area contributed by atoms with E-state index >= 15 is 0 Å². The molecule has 148 valence electrons. The lowest BCUT2D eigenvalue weighted by Crippen LogP contribution is -2.10. The van der Waals surface area contributed by atoms with Crippen molar-refractivity contribution >= 4 is 15.7 Å². The van der Waals surface area contributed by atoms with Crippen molar-refractivity contribution in [2.24, 2.45) is 0 Å². The van der Waals surface area contributed by atoms with Crippen molar-refractivity contribution < 1.29 is 21.6 Å². The minimum atomic E-state index is -4.06. The Morgan fingerprint density at radius 3 is 2.38 bits per heavy atom. The maximum absolute atomic E-state index is 13.3. The summed E-state index contributed by atoms with van der Waals surface area (Å²) in [5, 5.41) is 2.78. The second-order valence-corrected chi connectivity index (χ2v) is 8.23. The van der Waals surface area contributed by atoms with E-state index < -0.39 is 15.7 Å². The van der Waals surface area contributed by atoms with Gasteiger partial charge < -0.3 is 14.2 Å². The molecule has 0 saturated heterocycles. The van der Waals surface area contributed by atoms with Crippen molar-refractivity contribution in [1.82, 2.24) is 4.98 Å². The van der Waals surface area contributed by atoms with Crippen molar-refractivity contribution in [2.75, 3.05) is 5.32 Å². The summed E-state index contributed by atoms with van der Waals surface area (Å²) in [6.07, 6.45) is 1.44. The van der Waals surface area contributed by atoms with Gasteiger partial charge in [-0.15, -0.1) is 0 Å². The third-order valence-electron chi connectivity index (χ3n) is 4.35. The van der Waals surface area contributed by atoms with E-state index in [0.29, 0.717) is 5.76 Å². The predicted molar refractivity (Wildman–Crippen MR) is 105 cm³/mol. The average molecular weight is 412 g/mol. The highest BCUT2D eigenvalue weighted by molar-refractivity contribution is 7.91. The van der Waals surface area contributed by atoms with Gasteiger partial charge in [-0.05, 0) is 48.9 Å². The van der Waals surface area contributed by atoms with E-state index in [0.717, 1.165) is 17.7 Å². The van der Waals surface area contributed by atoms with Crippen LogP contribution in [0.3, 0.4) is 0 Å². The molecule has 0 spiro atoms. The van der Waals surface area contributed by atoms with Crippen LogP contribution >= 0.6 is 0 Å². The highest BCUT2D eigenvalue weighted by Gasteiger charge is 2.30. The molecule has 0 fully saturated rings. The van der Waals surface area contributed by atoms with Gasteiger partial charge in [0.1, 0.15) is 5.82 Å². The largest absolute Gasteiger partial charge is 0.459 e. The van der Waals surface area contributed by atoms with Crippen LogP contribution in [0.25, 0.3) is 11.7 Å². The van der Waals surface area contributed by atoms with Crippen molar-refractivity contribution in [1.29, 1.82) is 0 Å². The number of benzene rings is 2. The van der Waals surface area contributed by atoms with Gasteiger partial charge in [-0.25, -0.2) is 12.8 Å². The molecule has 0 saturated carbocycles. The quantitative estimate of drug-likeness (QED) is 0.445. The summed E-state index contributed by atoms with van der Waals surface area (Å²) in [4.78, 5) is 4.08. The third kappa shape index (κ3) is 3.79. The predicted octanol–water partition coefficient (Wildman–Crippen LogP) is 5.08. The molecule has 0 aliphatic heterocycles. The number of rotatable bonds is 6. The summed E-state index contributed by atoms with van der Waals surface area (Å²) >= 11 is 0. The lowest BCUT2D eigenvalue weighted by Gasteiger charge is -2.14. The topological polar surface area (TPSA) is 85.3 Å². The molecule has 2 aromatic heterocycles. The molecule has 0 amide bonds. The molecule has 4 rings (SSSR count). The monoisotopic (exact) mass is 412 g/mol. The second-order valence-electron chi connectivity index (χ2n) is 6.36. The zero-order valence-corrected chi connectivity index (χ0v) is 16.2. The first kappa shape index (κ1) is 18.9. The molecule has 4 aromatic rings. The maximum atomic E-state index is 13.3. The van der Waals surface area contributed by atoms with E-state index in [-0.39, 0.29) is 27.7 Å². The molecule has 0 bridgehead atoms. The van der Waals surface area contributed by atoms with Crippen LogP contribution in [-0.4, -0.2) is 13.4 Å². The van der Waals surface area contributed by atoms with Crippen LogP contribution in [0, 0.1) is 5.82 Å². The highest BCUT2D eigenvalue weighted by atomic mass is 32.2. The number of oxazole rings is 1. The maximum Gasteiger partial charge on any atom is 0.266 e. The first-order valence-electron chi connectivity index (χ1n) is 8.82. The number of nitrogens with one attached hydrogen (secondary N) is 1. The van der Waals surface area contributed by atoms with Crippen LogP contribution in [0.5, 0.6) is 0 Å². The van der Waals surface area contributed by atoms with E-state index in [1.54, 1.807) is 12.1 Å². The van der Waals surface area contributed by atoms with Crippen molar-refractivity contribution in [3.05, 3.63) is 84.4 Å². The summed E-state index contributed by atoms with van der Waals surface area (Å²) < 4.78 is 50.6. The van der Waals surface area contributed by atoms with Gasteiger partial charge in [-0.2, -0.15) is 4.98 Å². The summed E-state index contributed by atoms with van der Waals surface area (Å²) in [5.41, 5.74) is 0.938. The van der Waals surface area contributed by atoms with Crippen LogP contribution in [-0.2, 0) is 9.84 Å². The Kier molecular flexibility index (Phi) is 4.94. The number of aromatic nitrogens is 1. The van der Waals surface area contributed by atoms with Crippen molar-refractivity contribution in [3.8, 4) is 11.7 Å². The van der Waals surface area contributed by atoms with Gasteiger partial charge in [-0.1, -0.05) is 30.3 Å². The molecule has 0 unspecified atom stereocenters. The fraction of sp³-hybridized carbons (Fsp3) is 0.0952. The smallest absolute Gasteiger partial charge is 0.266 e. The van der Waals surface area contributed by atoms with Crippen LogP contribution in [0.1, 0.15) is 18.5 Å². The van der Waals surface area contributed by atoms with E-state index in [1.165, 1.54) is 18.4 Å². The number of nitrogens with zero attached hydrogens (tertiary/aromatic N) is 1. The summed E-state index contributed by atoms with van der Waals surface area (Å²) in [7, 11) is -4.06. The van der Waals surface area contributed by atoms with E-state index in [2.05, 4.69) is 10.3 Å².